The first-order valence-electron chi connectivity index (χ1n) is 4.74. The molecule has 0 heterocycles. The highest BCUT2D eigenvalue weighted by atomic mass is 16.5. The summed E-state index contributed by atoms with van der Waals surface area (Å²) in [6.07, 6.45) is 2.26. The maximum absolute atomic E-state index is 9.23. The lowest BCUT2D eigenvalue weighted by molar-refractivity contribution is -0.128. The molecule has 72 valence electrons. The second kappa shape index (κ2) is 3.35. The predicted molar refractivity (Wildman–Crippen MR) is 49.0 cm³/mol. The zero-order valence-electron chi connectivity index (χ0n) is 8.50. The van der Waals surface area contributed by atoms with Gasteiger partial charge in [0.15, 0.2) is 0 Å². The second-order valence-corrected chi connectivity index (χ2v) is 4.82. The van der Waals surface area contributed by atoms with Crippen molar-refractivity contribution in [1.29, 1.82) is 0 Å². The summed E-state index contributed by atoms with van der Waals surface area (Å²) in [6.45, 7) is 8.08. The Hall–Kier alpha value is -0.0800. The summed E-state index contributed by atoms with van der Waals surface area (Å²) in [7, 11) is 0. The Morgan fingerprint density at radius 2 is 1.83 bits per heavy atom. The summed E-state index contributed by atoms with van der Waals surface area (Å²) < 4.78 is 5.74. The summed E-state index contributed by atoms with van der Waals surface area (Å²) in [5, 5.41) is 9.23. The highest BCUT2D eigenvalue weighted by molar-refractivity contribution is 4.85. The Kier molecular flexibility index (Phi) is 2.79. The van der Waals surface area contributed by atoms with Crippen molar-refractivity contribution < 1.29 is 9.84 Å². The van der Waals surface area contributed by atoms with Gasteiger partial charge in [-0.1, -0.05) is 0 Å². The third kappa shape index (κ3) is 2.76. The van der Waals surface area contributed by atoms with Crippen LogP contribution >= 0.6 is 0 Å². The molecule has 2 nitrogen and oxygen atoms in total. The van der Waals surface area contributed by atoms with Crippen LogP contribution in [-0.2, 0) is 4.74 Å². The zero-order chi connectivity index (χ0) is 9.35. The molecule has 1 saturated carbocycles. The van der Waals surface area contributed by atoms with E-state index in [2.05, 4.69) is 20.8 Å². The van der Waals surface area contributed by atoms with E-state index < -0.39 is 0 Å². The van der Waals surface area contributed by atoms with E-state index in [0.717, 1.165) is 12.8 Å². The molecule has 0 saturated heterocycles. The van der Waals surface area contributed by atoms with Crippen LogP contribution in [0.2, 0.25) is 0 Å². The van der Waals surface area contributed by atoms with Crippen LogP contribution in [0.15, 0.2) is 0 Å². The molecule has 0 aromatic rings. The minimum Gasteiger partial charge on any atom is -0.393 e. The molecule has 0 radical (unpaired) electrons. The lowest BCUT2D eigenvalue weighted by atomic mass is 9.78. The van der Waals surface area contributed by atoms with Crippen LogP contribution in [0, 0.1) is 5.92 Å². The SMILES string of the molecule is CC(O)C1CC(OC(C)(C)C)C1. The van der Waals surface area contributed by atoms with Crippen molar-refractivity contribution in [2.24, 2.45) is 5.92 Å². The van der Waals surface area contributed by atoms with Crippen LogP contribution in [0.5, 0.6) is 0 Å². The molecule has 0 bridgehead atoms. The maximum Gasteiger partial charge on any atom is 0.0602 e. The largest absolute Gasteiger partial charge is 0.393 e. The van der Waals surface area contributed by atoms with Crippen molar-refractivity contribution in [1.82, 2.24) is 0 Å². The average molecular weight is 172 g/mol. The molecule has 1 aliphatic carbocycles. The first-order valence-corrected chi connectivity index (χ1v) is 4.74. The van der Waals surface area contributed by atoms with E-state index in [-0.39, 0.29) is 11.7 Å². The summed E-state index contributed by atoms with van der Waals surface area (Å²) in [5.74, 6) is 0.470. The Morgan fingerprint density at radius 3 is 2.17 bits per heavy atom. The van der Waals surface area contributed by atoms with Crippen molar-refractivity contribution in [3.05, 3.63) is 0 Å². The summed E-state index contributed by atoms with van der Waals surface area (Å²) in [4.78, 5) is 0. The third-order valence-electron chi connectivity index (χ3n) is 2.33. The summed E-state index contributed by atoms with van der Waals surface area (Å²) in [6, 6.07) is 0. The third-order valence-corrected chi connectivity index (χ3v) is 2.33. The lowest BCUT2D eigenvalue weighted by Gasteiger charge is -2.40. The molecule has 0 amide bonds. The van der Waals surface area contributed by atoms with E-state index in [0.29, 0.717) is 12.0 Å². The second-order valence-electron chi connectivity index (χ2n) is 4.82. The molecule has 1 N–H and O–H groups in total. The van der Waals surface area contributed by atoms with Gasteiger partial charge in [-0.05, 0) is 46.5 Å². The molecule has 0 spiro atoms. The Bertz CT molecular complexity index is 140. The van der Waals surface area contributed by atoms with Gasteiger partial charge in [-0.2, -0.15) is 0 Å². The maximum atomic E-state index is 9.23. The smallest absolute Gasteiger partial charge is 0.0602 e. The van der Waals surface area contributed by atoms with Gasteiger partial charge < -0.3 is 9.84 Å². The van der Waals surface area contributed by atoms with Crippen LogP contribution in [0.25, 0.3) is 0 Å². The van der Waals surface area contributed by atoms with Crippen LogP contribution in [-0.4, -0.2) is 22.9 Å². The highest BCUT2D eigenvalue weighted by Gasteiger charge is 2.35. The lowest BCUT2D eigenvalue weighted by Crippen LogP contribution is -2.41. The number of ether oxygens (including phenoxy) is 1. The first kappa shape index (κ1) is 10.0. The molecule has 12 heavy (non-hydrogen) atoms. The quantitative estimate of drug-likeness (QED) is 0.690. The predicted octanol–water partition coefficient (Wildman–Crippen LogP) is 1.96. The molecule has 1 unspecified atom stereocenters. The van der Waals surface area contributed by atoms with Gasteiger partial charge in [0.1, 0.15) is 0 Å². The van der Waals surface area contributed by atoms with Crippen LogP contribution in [0.3, 0.4) is 0 Å². The molecular formula is C10H20O2. The Labute approximate surface area is 74.9 Å². The Balaban J connectivity index is 2.18. The number of aliphatic hydroxyl groups excluding tert-OH is 1. The fourth-order valence-electron chi connectivity index (χ4n) is 1.60. The van der Waals surface area contributed by atoms with E-state index in [9.17, 15) is 5.11 Å². The average Bonchev–Trinajstić information content (AvgIpc) is 1.74. The van der Waals surface area contributed by atoms with Crippen LogP contribution < -0.4 is 0 Å². The molecular weight excluding hydrogens is 152 g/mol. The normalized spacial score (nSPS) is 32.8. The fourth-order valence-corrected chi connectivity index (χ4v) is 1.60. The Morgan fingerprint density at radius 1 is 1.33 bits per heavy atom. The van der Waals surface area contributed by atoms with Crippen molar-refractivity contribution in [3.63, 3.8) is 0 Å². The van der Waals surface area contributed by atoms with Gasteiger partial charge in [-0.15, -0.1) is 0 Å². The molecule has 0 aromatic carbocycles. The molecule has 1 fully saturated rings. The van der Waals surface area contributed by atoms with Crippen molar-refractivity contribution in [3.8, 4) is 0 Å². The molecule has 1 rings (SSSR count). The molecule has 1 aliphatic rings. The summed E-state index contributed by atoms with van der Waals surface area (Å²) in [5.41, 5.74) is -0.0334. The molecule has 1 atom stereocenters. The van der Waals surface area contributed by atoms with Crippen LogP contribution in [0.4, 0.5) is 0 Å². The monoisotopic (exact) mass is 172 g/mol. The number of hydrogen-bond acceptors (Lipinski definition) is 2. The van der Waals surface area contributed by atoms with Gasteiger partial charge in [-0.25, -0.2) is 0 Å². The van der Waals surface area contributed by atoms with E-state index in [1.54, 1.807) is 0 Å². The molecule has 0 aliphatic heterocycles. The number of hydrogen-bond donors (Lipinski definition) is 1. The van der Waals surface area contributed by atoms with Gasteiger partial charge in [0.2, 0.25) is 0 Å². The minimum atomic E-state index is -0.162. The van der Waals surface area contributed by atoms with Gasteiger partial charge in [-0.3, -0.25) is 0 Å². The van der Waals surface area contributed by atoms with Crippen molar-refractivity contribution in [2.45, 2.75) is 58.3 Å². The van der Waals surface area contributed by atoms with E-state index in [4.69, 9.17) is 4.74 Å². The van der Waals surface area contributed by atoms with Gasteiger partial charge in [0.05, 0.1) is 17.8 Å². The first-order chi connectivity index (χ1) is 5.38. The molecule has 2 heteroatoms. The fraction of sp³-hybridized carbons (Fsp3) is 1.00. The molecule has 0 aromatic heterocycles. The van der Waals surface area contributed by atoms with Gasteiger partial charge >= 0.3 is 0 Å². The van der Waals surface area contributed by atoms with E-state index >= 15 is 0 Å². The zero-order valence-corrected chi connectivity index (χ0v) is 8.50. The highest BCUT2D eigenvalue weighted by Crippen LogP contribution is 2.34. The van der Waals surface area contributed by atoms with E-state index in [1.165, 1.54) is 0 Å². The summed E-state index contributed by atoms with van der Waals surface area (Å²) >= 11 is 0. The number of rotatable bonds is 2. The van der Waals surface area contributed by atoms with Crippen molar-refractivity contribution in [2.75, 3.05) is 0 Å². The number of aliphatic hydroxyl groups is 1. The van der Waals surface area contributed by atoms with Crippen LogP contribution in [0.1, 0.15) is 40.5 Å². The van der Waals surface area contributed by atoms with Gasteiger partial charge in [0, 0.05) is 0 Å². The minimum absolute atomic E-state index is 0.0334. The van der Waals surface area contributed by atoms with Gasteiger partial charge in [0.25, 0.3) is 0 Å². The topological polar surface area (TPSA) is 29.5 Å². The van der Waals surface area contributed by atoms with Crippen molar-refractivity contribution >= 4 is 0 Å². The standard InChI is InChI=1S/C10H20O2/c1-7(11)8-5-9(6-8)12-10(2,3)4/h7-9,11H,5-6H2,1-4H3. The van der Waals surface area contributed by atoms with E-state index in [1.807, 2.05) is 6.92 Å².